The van der Waals surface area contributed by atoms with E-state index in [1.165, 1.54) is 19.3 Å². The summed E-state index contributed by atoms with van der Waals surface area (Å²) in [7, 11) is 0. The molecule has 20 heavy (non-hydrogen) atoms. The van der Waals surface area contributed by atoms with Crippen LogP contribution in [0.4, 0.5) is 0 Å². The second-order valence-corrected chi connectivity index (χ2v) is 5.31. The third-order valence-corrected chi connectivity index (χ3v) is 3.83. The lowest BCUT2D eigenvalue weighted by atomic mass is 9.80. The van der Waals surface area contributed by atoms with Gasteiger partial charge >= 0.3 is 0 Å². The highest BCUT2D eigenvalue weighted by atomic mass is 16.2. The Bertz CT molecular complexity index is 506. The summed E-state index contributed by atoms with van der Waals surface area (Å²) in [6.45, 7) is 2.16. The molecule has 0 heterocycles. The molecular formula is C17H21NO2. The minimum Gasteiger partial charge on any atom is -0.395 e. The molecule has 0 aromatic heterocycles. The summed E-state index contributed by atoms with van der Waals surface area (Å²) in [6, 6.07) is 7.53. The summed E-state index contributed by atoms with van der Waals surface area (Å²) >= 11 is 0. The van der Waals surface area contributed by atoms with Crippen LogP contribution in [-0.2, 0) is 0 Å². The van der Waals surface area contributed by atoms with Gasteiger partial charge < -0.3 is 10.4 Å². The van der Waals surface area contributed by atoms with E-state index in [-0.39, 0.29) is 18.6 Å². The lowest BCUT2D eigenvalue weighted by molar-refractivity contribution is 0.0909. The average molecular weight is 271 g/mol. The Hall–Kier alpha value is -1.79. The van der Waals surface area contributed by atoms with Crippen molar-refractivity contribution in [1.29, 1.82) is 0 Å². The SMILES string of the molecule is CC(NC(=O)c1ccc(C#CCCO)cc1)C1CCC1. The minimum absolute atomic E-state index is 0.0146. The van der Waals surface area contributed by atoms with Gasteiger partial charge in [-0.05, 0) is 49.9 Å². The molecule has 1 aromatic rings. The van der Waals surface area contributed by atoms with E-state index in [0.29, 0.717) is 17.9 Å². The molecule has 0 radical (unpaired) electrons. The minimum atomic E-state index is -0.0146. The van der Waals surface area contributed by atoms with Gasteiger partial charge in [0.1, 0.15) is 0 Å². The number of benzene rings is 1. The van der Waals surface area contributed by atoms with Crippen LogP contribution in [0.1, 0.15) is 48.5 Å². The molecule has 1 aromatic carbocycles. The van der Waals surface area contributed by atoms with Gasteiger partial charge in [0.2, 0.25) is 0 Å². The van der Waals surface area contributed by atoms with Crippen LogP contribution < -0.4 is 5.32 Å². The Morgan fingerprint density at radius 2 is 2.10 bits per heavy atom. The van der Waals surface area contributed by atoms with Gasteiger partial charge in [-0.1, -0.05) is 18.3 Å². The van der Waals surface area contributed by atoms with Crippen molar-refractivity contribution in [2.24, 2.45) is 5.92 Å². The first-order valence-electron chi connectivity index (χ1n) is 7.21. The maximum Gasteiger partial charge on any atom is 0.251 e. The molecule has 1 unspecified atom stereocenters. The fourth-order valence-corrected chi connectivity index (χ4v) is 2.27. The zero-order chi connectivity index (χ0) is 14.4. The van der Waals surface area contributed by atoms with E-state index in [0.717, 1.165) is 5.56 Å². The third kappa shape index (κ3) is 3.85. The van der Waals surface area contributed by atoms with E-state index in [4.69, 9.17) is 5.11 Å². The number of amides is 1. The number of hydrogen-bond donors (Lipinski definition) is 2. The normalized spacial score (nSPS) is 15.7. The van der Waals surface area contributed by atoms with Gasteiger partial charge in [-0.15, -0.1) is 0 Å². The summed E-state index contributed by atoms with van der Waals surface area (Å²) < 4.78 is 0. The first kappa shape index (κ1) is 14.6. The van der Waals surface area contributed by atoms with Gasteiger partial charge in [-0.25, -0.2) is 0 Å². The Kier molecular flexibility index (Phi) is 5.20. The Morgan fingerprint density at radius 1 is 1.40 bits per heavy atom. The second kappa shape index (κ2) is 7.12. The van der Waals surface area contributed by atoms with Gasteiger partial charge in [0.05, 0.1) is 6.61 Å². The number of aliphatic hydroxyl groups excluding tert-OH is 1. The summed E-state index contributed by atoms with van der Waals surface area (Å²) in [5, 5.41) is 11.7. The third-order valence-electron chi connectivity index (χ3n) is 3.83. The molecule has 1 aliphatic rings. The number of rotatable bonds is 4. The molecule has 0 spiro atoms. The van der Waals surface area contributed by atoms with Gasteiger partial charge in [0.25, 0.3) is 5.91 Å². The van der Waals surface area contributed by atoms with Crippen molar-refractivity contribution in [3.8, 4) is 11.8 Å². The Labute approximate surface area is 120 Å². The highest BCUT2D eigenvalue weighted by Gasteiger charge is 2.25. The van der Waals surface area contributed by atoms with Crippen molar-refractivity contribution in [2.75, 3.05) is 6.61 Å². The largest absolute Gasteiger partial charge is 0.395 e. The van der Waals surface area contributed by atoms with Crippen LogP contribution in [0.25, 0.3) is 0 Å². The number of nitrogens with one attached hydrogen (secondary N) is 1. The van der Waals surface area contributed by atoms with Crippen molar-refractivity contribution in [3.05, 3.63) is 35.4 Å². The Morgan fingerprint density at radius 3 is 2.65 bits per heavy atom. The predicted octanol–water partition coefficient (Wildman–Crippen LogP) is 2.34. The van der Waals surface area contributed by atoms with Crippen molar-refractivity contribution < 1.29 is 9.90 Å². The van der Waals surface area contributed by atoms with Gasteiger partial charge in [0, 0.05) is 23.6 Å². The smallest absolute Gasteiger partial charge is 0.251 e. The number of hydrogen-bond acceptors (Lipinski definition) is 2. The molecule has 1 atom stereocenters. The second-order valence-electron chi connectivity index (χ2n) is 5.31. The van der Waals surface area contributed by atoms with Crippen LogP contribution in [0.3, 0.4) is 0 Å². The molecule has 2 rings (SSSR count). The molecule has 0 bridgehead atoms. The highest BCUT2D eigenvalue weighted by Crippen LogP contribution is 2.29. The molecule has 3 heteroatoms. The lowest BCUT2D eigenvalue weighted by Crippen LogP contribution is -2.40. The van der Waals surface area contributed by atoms with E-state index in [1.807, 2.05) is 12.1 Å². The molecule has 0 aliphatic heterocycles. The maximum atomic E-state index is 12.1. The van der Waals surface area contributed by atoms with Crippen molar-refractivity contribution in [1.82, 2.24) is 5.32 Å². The van der Waals surface area contributed by atoms with E-state index in [9.17, 15) is 4.79 Å². The topological polar surface area (TPSA) is 49.3 Å². The van der Waals surface area contributed by atoms with Crippen LogP contribution in [-0.4, -0.2) is 23.7 Å². The van der Waals surface area contributed by atoms with Gasteiger partial charge in [-0.2, -0.15) is 0 Å². The molecule has 1 amide bonds. The van der Waals surface area contributed by atoms with E-state index in [1.54, 1.807) is 12.1 Å². The van der Waals surface area contributed by atoms with Crippen molar-refractivity contribution >= 4 is 5.91 Å². The van der Waals surface area contributed by atoms with Crippen molar-refractivity contribution in [2.45, 2.75) is 38.6 Å². The standard InChI is InChI=1S/C17H21NO2/c1-13(15-6-4-7-15)18-17(20)16-10-8-14(9-11-16)5-2-3-12-19/h8-11,13,15,19H,3-4,6-7,12H2,1H3,(H,18,20). The van der Waals surface area contributed by atoms with Crippen LogP contribution in [0.15, 0.2) is 24.3 Å². The lowest BCUT2D eigenvalue weighted by Gasteiger charge is -2.31. The monoisotopic (exact) mass is 271 g/mol. The fourth-order valence-electron chi connectivity index (χ4n) is 2.27. The summed E-state index contributed by atoms with van der Waals surface area (Å²) in [6.07, 6.45) is 4.20. The van der Waals surface area contributed by atoms with Crippen LogP contribution in [0.5, 0.6) is 0 Å². The summed E-state index contributed by atoms with van der Waals surface area (Å²) in [5.41, 5.74) is 1.53. The maximum absolute atomic E-state index is 12.1. The molecule has 1 aliphatic carbocycles. The Balaban J connectivity index is 1.92. The van der Waals surface area contributed by atoms with Crippen LogP contribution in [0, 0.1) is 17.8 Å². The quantitative estimate of drug-likeness (QED) is 0.826. The predicted molar refractivity (Wildman–Crippen MR) is 79.3 cm³/mol. The van der Waals surface area contributed by atoms with Crippen LogP contribution >= 0.6 is 0 Å². The first-order valence-corrected chi connectivity index (χ1v) is 7.21. The number of aliphatic hydroxyl groups is 1. The van der Waals surface area contributed by atoms with Crippen LogP contribution in [0.2, 0.25) is 0 Å². The molecule has 1 fully saturated rings. The van der Waals surface area contributed by atoms with Crippen molar-refractivity contribution in [3.63, 3.8) is 0 Å². The fraction of sp³-hybridized carbons (Fsp3) is 0.471. The van der Waals surface area contributed by atoms with E-state index >= 15 is 0 Å². The van der Waals surface area contributed by atoms with E-state index in [2.05, 4.69) is 24.1 Å². The molecule has 0 saturated heterocycles. The molecule has 1 saturated carbocycles. The summed E-state index contributed by atoms with van der Waals surface area (Å²) in [4.78, 5) is 12.1. The molecule has 3 nitrogen and oxygen atoms in total. The van der Waals surface area contributed by atoms with Gasteiger partial charge in [-0.3, -0.25) is 4.79 Å². The molecular weight excluding hydrogens is 250 g/mol. The number of carbonyl (C=O) groups is 1. The summed E-state index contributed by atoms with van der Waals surface area (Å²) in [5.74, 6) is 6.44. The number of carbonyl (C=O) groups excluding carboxylic acids is 1. The first-order chi connectivity index (χ1) is 9.70. The zero-order valence-electron chi connectivity index (χ0n) is 11.9. The molecule has 106 valence electrons. The average Bonchev–Trinajstić information content (AvgIpc) is 2.37. The van der Waals surface area contributed by atoms with E-state index < -0.39 is 0 Å². The zero-order valence-corrected chi connectivity index (χ0v) is 11.9. The molecule has 2 N–H and O–H groups in total. The highest BCUT2D eigenvalue weighted by molar-refractivity contribution is 5.94. The van der Waals surface area contributed by atoms with Gasteiger partial charge in [0.15, 0.2) is 0 Å².